The van der Waals surface area contributed by atoms with Crippen LogP contribution in [0.2, 0.25) is 0 Å². The average molecular weight is 326 g/mol. The van der Waals surface area contributed by atoms with Crippen molar-refractivity contribution in [2.45, 2.75) is 25.1 Å². The Morgan fingerprint density at radius 2 is 2.05 bits per heavy atom. The molecule has 0 spiro atoms. The molecular formula is C12H14N4O3S2. The second kappa shape index (κ2) is 6.27. The number of carbonyl (C=O) groups excluding carboxylic acids is 1. The molecule has 0 aromatic carbocycles. The molecule has 0 radical (unpaired) electrons. The SMILES string of the molecule is Cc1nc(SCC(=O)Nc2c(C)n[nH]c2C)sc1C(=O)O. The van der Waals surface area contributed by atoms with Crippen molar-refractivity contribution in [1.29, 1.82) is 0 Å². The van der Waals surface area contributed by atoms with Gasteiger partial charge in [0.05, 0.1) is 28.5 Å². The van der Waals surface area contributed by atoms with Crippen LogP contribution in [0.4, 0.5) is 5.69 Å². The number of H-pyrrole nitrogens is 1. The molecule has 0 bridgehead atoms. The molecule has 0 aliphatic carbocycles. The minimum absolute atomic E-state index is 0.163. The lowest BCUT2D eigenvalue weighted by atomic mass is 10.3. The van der Waals surface area contributed by atoms with Crippen molar-refractivity contribution in [3.05, 3.63) is 22.0 Å². The van der Waals surface area contributed by atoms with Crippen LogP contribution in [-0.2, 0) is 4.79 Å². The molecule has 0 unspecified atom stereocenters. The van der Waals surface area contributed by atoms with Gasteiger partial charge in [0, 0.05) is 0 Å². The first-order valence-electron chi connectivity index (χ1n) is 6.03. The molecule has 0 aliphatic rings. The van der Waals surface area contributed by atoms with Gasteiger partial charge < -0.3 is 10.4 Å². The van der Waals surface area contributed by atoms with E-state index in [0.717, 1.165) is 22.7 Å². The zero-order valence-electron chi connectivity index (χ0n) is 11.7. The predicted octanol–water partition coefficient (Wildman–Crippen LogP) is 2.22. The van der Waals surface area contributed by atoms with E-state index in [1.165, 1.54) is 11.8 Å². The topological polar surface area (TPSA) is 108 Å². The Balaban J connectivity index is 1.95. The average Bonchev–Trinajstić information content (AvgIpc) is 2.94. The molecule has 7 nitrogen and oxygen atoms in total. The van der Waals surface area contributed by atoms with Gasteiger partial charge >= 0.3 is 5.97 Å². The van der Waals surface area contributed by atoms with Crippen LogP contribution in [0, 0.1) is 20.8 Å². The number of amides is 1. The van der Waals surface area contributed by atoms with E-state index >= 15 is 0 Å². The van der Waals surface area contributed by atoms with Crippen LogP contribution in [0.15, 0.2) is 4.34 Å². The first-order chi connectivity index (χ1) is 9.88. The van der Waals surface area contributed by atoms with Gasteiger partial charge in [-0.1, -0.05) is 11.8 Å². The van der Waals surface area contributed by atoms with Gasteiger partial charge in [-0.3, -0.25) is 9.89 Å². The summed E-state index contributed by atoms with van der Waals surface area (Å²) in [7, 11) is 0. The summed E-state index contributed by atoms with van der Waals surface area (Å²) in [6, 6.07) is 0. The number of carboxylic acids is 1. The number of aromatic carboxylic acids is 1. The summed E-state index contributed by atoms with van der Waals surface area (Å²) in [4.78, 5) is 27.2. The molecule has 0 aliphatic heterocycles. The minimum atomic E-state index is -0.994. The molecule has 3 N–H and O–H groups in total. The summed E-state index contributed by atoms with van der Waals surface area (Å²) < 4.78 is 0.570. The second-order valence-corrected chi connectivity index (χ2v) is 6.57. The van der Waals surface area contributed by atoms with Gasteiger partial charge in [-0.2, -0.15) is 5.10 Å². The number of hydrogen-bond acceptors (Lipinski definition) is 6. The Bertz CT molecular complexity index is 673. The van der Waals surface area contributed by atoms with Crippen molar-refractivity contribution in [3.8, 4) is 0 Å². The zero-order valence-corrected chi connectivity index (χ0v) is 13.3. The molecule has 1 amide bonds. The lowest BCUT2D eigenvalue weighted by molar-refractivity contribution is -0.113. The Morgan fingerprint density at radius 1 is 1.33 bits per heavy atom. The van der Waals surface area contributed by atoms with Gasteiger partial charge in [0.15, 0.2) is 4.34 Å². The van der Waals surface area contributed by atoms with Crippen LogP contribution in [0.1, 0.15) is 26.8 Å². The number of aromatic amines is 1. The van der Waals surface area contributed by atoms with Crippen LogP contribution in [-0.4, -0.2) is 37.9 Å². The number of thioether (sulfide) groups is 1. The molecule has 0 atom stereocenters. The van der Waals surface area contributed by atoms with Crippen LogP contribution >= 0.6 is 23.1 Å². The van der Waals surface area contributed by atoms with E-state index in [2.05, 4.69) is 20.5 Å². The fraction of sp³-hybridized carbons (Fsp3) is 0.333. The number of anilines is 1. The number of aromatic nitrogens is 3. The summed E-state index contributed by atoms with van der Waals surface area (Å²) in [5, 5.41) is 18.5. The highest BCUT2D eigenvalue weighted by atomic mass is 32.2. The molecule has 2 rings (SSSR count). The Hall–Kier alpha value is -1.87. The smallest absolute Gasteiger partial charge is 0.347 e. The number of hydrogen-bond donors (Lipinski definition) is 3. The molecule has 0 saturated carbocycles. The van der Waals surface area contributed by atoms with E-state index in [1.807, 2.05) is 6.92 Å². The van der Waals surface area contributed by atoms with E-state index in [9.17, 15) is 9.59 Å². The molecule has 2 aromatic rings. The maximum Gasteiger partial charge on any atom is 0.347 e. The summed E-state index contributed by atoms with van der Waals surface area (Å²) in [5.74, 6) is -1.01. The van der Waals surface area contributed by atoms with E-state index in [-0.39, 0.29) is 16.5 Å². The standard InChI is InChI=1S/C12H14N4O3S2/c1-5-9(6(2)16-15-5)14-8(17)4-20-12-13-7(3)10(21-12)11(18)19/h4H2,1-3H3,(H,14,17)(H,15,16)(H,18,19). The summed E-state index contributed by atoms with van der Waals surface area (Å²) >= 11 is 2.29. The third-order valence-electron chi connectivity index (χ3n) is 2.69. The van der Waals surface area contributed by atoms with Crippen molar-refractivity contribution in [3.63, 3.8) is 0 Å². The van der Waals surface area contributed by atoms with Crippen LogP contribution in [0.5, 0.6) is 0 Å². The summed E-state index contributed by atoms with van der Waals surface area (Å²) in [6.45, 7) is 5.27. The maximum atomic E-state index is 11.9. The van der Waals surface area contributed by atoms with Gasteiger partial charge in [0.25, 0.3) is 0 Å². The zero-order chi connectivity index (χ0) is 15.6. The molecule has 2 heterocycles. The van der Waals surface area contributed by atoms with Crippen LogP contribution < -0.4 is 5.32 Å². The number of nitrogens with zero attached hydrogens (tertiary/aromatic N) is 2. The van der Waals surface area contributed by atoms with Crippen molar-refractivity contribution < 1.29 is 14.7 Å². The van der Waals surface area contributed by atoms with Crippen molar-refractivity contribution in [1.82, 2.24) is 15.2 Å². The van der Waals surface area contributed by atoms with Gasteiger partial charge in [0.1, 0.15) is 4.88 Å². The molecule has 0 saturated heterocycles. The van der Waals surface area contributed by atoms with Crippen LogP contribution in [0.3, 0.4) is 0 Å². The summed E-state index contributed by atoms with van der Waals surface area (Å²) in [6.07, 6.45) is 0. The quantitative estimate of drug-likeness (QED) is 0.727. The third-order valence-corrected chi connectivity index (χ3v) is 4.98. The molecule has 21 heavy (non-hydrogen) atoms. The maximum absolute atomic E-state index is 11.9. The first-order valence-corrected chi connectivity index (χ1v) is 7.83. The molecule has 9 heteroatoms. The Morgan fingerprint density at radius 3 is 2.57 bits per heavy atom. The van der Waals surface area contributed by atoms with Crippen LogP contribution in [0.25, 0.3) is 0 Å². The lowest BCUT2D eigenvalue weighted by Gasteiger charge is -2.03. The van der Waals surface area contributed by atoms with Crippen molar-refractivity contribution in [2.24, 2.45) is 0 Å². The summed E-state index contributed by atoms with van der Waals surface area (Å²) in [5.41, 5.74) is 2.67. The van der Waals surface area contributed by atoms with Gasteiger partial charge in [0.2, 0.25) is 5.91 Å². The molecule has 2 aromatic heterocycles. The second-order valence-electron chi connectivity index (χ2n) is 4.35. The highest BCUT2D eigenvalue weighted by Crippen LogP contribution is 2.27. The number of rotatable bonds is 5. The fourth-order valence-corrected chi connectivity index (χ4v) is 3.50. The van der Waals surface area contributed by atoms with E-state index in [4.69, 9.17) is 5.11 Å². The van der Waals surface area contributed by atoms with Gasteiger partial charge in [-0.15, -0.1) is 11.3 Å². The van der Waals surface area contributed by atoms with Gasteiger partial charge in [-0.05, 0) is 20.8 Å². The number of carbonyl (C=O) groups is 2. The third kappa shape index (κ3) is 3.61. The highest BCUT2D eigenvalue weighted by Gasteiger charge is 2.16. The normalized spacial score (nSPS) is 10.6. The Labute approximate surface area is 129 Å². The molecular weight excluding hydrogens is 312 g/mol. The van der Waals surface area contributed by atoms with Crippen molar-refractivity contribution in [2.75, 3.05) is 11.1 Å². The number of thiazole rings is 1. The Kier molecular flexibility index (Phi) is 4.63. The number of nitrogens with one attached hydrogen (secondary N) is 2. The predicted molar refractivity (Wildman–Crippen MR) is 81.2 cm³/mol. The van der Waals surface area contributed by atoms with E-state index in [0.29, 0.717) is 15.7 Å². The largest absolute Gasteiger partial charge is 0.477 e. The highest BCUT2D eigenvalue weighted by molar-refractivity contribution is 8.01. The number of aryl methyl sites for hydroxylation is 3. The minimum Gasteiger partial charge on any atom is -0.477 e. The van der Waals surface area contributed by atoms with Crippen molar-refractivity contribution >= 4 is 40.7 Å². The van der Waals surface area contributed by atoms with E-state index in [1.54, 1.807) is 13.8 Å². The fourth-order valence-electron chi connectivity index (χ4n) is 1.67. The van der Waals surface area contributed by atoms with Gasteiger partial charge in [-0.25, -0.2) is 9.78 Å². The number of carboxylic acid groups (broad SMARTS) is 1. The monoisotopic (exact) mass is 326 g/mol. The lowest BCUT2D eigenvalue weighted by Crippen LogP contribution is -2.14. The molecule has 0 fully saturated rings. The van der Waals surface area contributed by atoms with E-state index < -0.39 is 5.97 Å². The molecule has 112 valence electrons. The first kappa shape index (κ1) is 15.5.